The van der Waals surface area contributed by atoms with E-state index in [2.05, 4.69) is 32.4 Å². The Bertz CT molecular complexity index is 1130. The second-order valence-electron chi connectivity index (χ2n) is 6.81. The van der Waals surface area contributed by atoms with Gasteiger partial charge in [0.25, 0.3) is 0 Å². The number of fused-ring (bicyclic) bond motifs is 1. The summed E-state index contributed by atoms with van der Waals surface area (Å²) in [5, 5.41) is 13.4. The molecule has 1 N–H and O–H groups in total. The Balaban J connectivity index is 1.62. The highest BCUT2D eigenvalue weighted by Gasteiger charge is 2.17. The standard InChI is InChI=1S/C20H23N7O/c1-12(15-10-21-27(11-15)16-6-8-17(28-5)9-7-16)22-19-18-13(2)25-26(4)20(18)24-14(3)23-19/h6-12H,1-5H3,(H,22,23,24). The van der Waals surface area contributed by atoms with E-state index in [0.29, 0.717) is 5.82 Å². The molecule has 28 heavy (non-hydrogen) atoms. The molecule has 1 aromatic carbocycles. The summed E-state index contributed by atoms with van der Waals surface area (Å²) in [6.45, 7) is 5.95. The molecule has 4 rings (SSSR count). The summed E-state index contributed by atoms with van der Waals surface area (Å²) < 4.78 is 8.85. The Morgan fingerprint density at radius 2 is 1.86 bits per heavy atom. The molecule has 0 aliphatic rings. The first-order valence-electron chi connectivity index (χ1n) is 9.09. The van der Waals surface area contributed by atoms with Gasteiger partial charge in [0.2, 0.25) is 0 Å². The fraction of sp³-hybridized carbons (Fsp3) is 0.300. The highest BCUT2D eigenvalue weighted by Crippen LogP contribution is 2.27. The van der Waals surface area contributed by atoms with Crippen LogP contribution >= 0.6 is 0 Å². The van der Waals surface area contributed by atoms with Crippen molar-refractivity contribution in [2.24, 2.45) is 7.05 Å². The van der Waals surface area contributed by atoms with Gasteiger partial charge in [0.1, 0.15) is 17.4 Å². The van der Waals surface area contributed by atoms with Crippen LogP contribution in [0.2, 0.25) is 0 Å². The Kier molecular flexibility index (Phi) is 4.46. The summed E-state index contributed by atoms with van der Waals surface area (Å²) in [6, 6.07) is 7.81. The first-order chi connectivity index (χ1) is 13.5. The van der Waals surface area contributed by atoms with Crippen molar-refractivity contribution in [3.63, 3.8) is 0 Å². The van der Waals surface area contributed by atoms with Gasteiger partial charge in [0, 0.05) is 18.8 Å². The van der Waals surface area contributed by atoms with Gasteiger partial charge in [-0.3, -0.25) is 4.68 Å². The zero-order valence-corrected chi connectivity index (χ0v) is 16.6. The lowest BCUT2D eigenvalue weighted by Crippen LogP contribution is -2.09. The maximum absolute atomic E-state index is 5.21. The second kappa shape index (κ2) is 6.95. The van der Waals surface area contributed by atoms with Crippen LogP contribution in [0.4, 0.5) is 5.82 Å². The quantitative estimate of drug-likeness (QED) is 0.574. The van der Waals surface area contributed by atoms with Crippen molar-refractivity contribution in [1.29, 1.82) is 0 Å². The van der Waals surface area contributed by atoms with Crippen molar-refractivity contribution < 1.29 is 4.74 Å². The molecule has 8 heteroatoms. The molecule has 0 fully saturated rings. The number of anilines is 1. The Morgan fingerprint density at radius 1 is 1.11 bits per heavy atom. The molecule has 0 amide bonds. The third kappa shape index (κ3) is 3.17. The number of methoxy groups -OCH3 is 1. The van der Waals surface area contributed by atoms with Crippen LogP contribution in [0.15, 0.2) is 36.7 Å². The van der Waals surface area contributed by atoms with E-state index < -0.39 is 0 Å². The van der Waals surface area contributed by atoms with Gasteiger partial charge in [-0.15, -0.1) is 0 Å². The summed E-state index contributed by atoms with van der Waals surface area (Å²) in [4.78, 5) is 9.13. The first-order valence-corrected chi connectivity index (χ1v) is 9.09. The van der Waals surface area contributed by atoms with Crippen molar-refractivity contribution in [1.82, 2.24) is 29.5 Å². The van der Waals surface area contributed by atoms with Crippen LogP contribution in [0, 0.1) is 13.8 Å². The van der Waals surface area contributed by atoms with E-state index in [1.54, 1.807) is 11.8 Å². The van der Waals surface area contributed by atoms with E-state index in [9.17, 15) is 0 Å². The predicted octanol–water partition coefficient (Wildman–Crippen LogP) is 3.35. The number of hydrogen-bond donors (Lipinski definition) is 1. The van der Waals surface area contributed by atoms with E-state index in [0.717, 1.165) is 39.5 Å². The van der Waals surface area contributed by atoms with E-state index in [-0.39, 0.29) is 6.04 Å². The molecule has 1 unspecified atom stereocenters. The smallest absolute Gasteiger partial charge is 0.163 e. The third-order valence-corrected chi connectivity index (χ3v) is 4.76. The Labute approximate surface area is 163 Å². The molecular weight excluding hydrogens is 354 g/mol. The lowest BCUT2D eigenvalue weighted by atomic mass is 10.2. The van der Waals surface area contributed by atoms with Crippen molar-refractivity contribution in [2.45, 2.75) is 26.8 Å². The summed E-state index contributed by atoms with van der Waals surface area (Å²) in [5.41, 5.74) is 3.76. The largest absolute Gasteiger partial charge is 0.497 e. The Morgan fingerprint density at radius 3 is 2.57 bits per heavy atom. The number of nitrogens with one attached hydrogen (secondary N) is 1. The predicted molar refractivity (Wildman–Crippen MR) is 108 cm³/mol. The summed E-state index contributed by atoms with van der Waals surface area (Å²) in [7, 11) is 3.55. The number of aryl methyl sites for hydroxylation is 3. The van der Waals surface area contributed by atoms with Gasteiger partial charge < -0.3 is 10.1 Å². The molecule has 3 aromatic heterocycles. The highest BCUT2D eigenvalue weighted by molar-refractivity contribution is 5.89. The van der Waals surface area contributed by atoms with E-state index in [1.807, 2.05) is 62.2 Å². The number of rotatable bonds is 5. The SMILES string of the molecule is COc1ccc(-n2cc(C(C)Nc3nc(C)nc4c3c(C)nn4C)cn2)cc1. The molecule has 144 valence electrons. The van der Waals surface area contributed by atoms with Gasteiger partial charge >= 0.3 is 0 Å². The molecule has 4 aromatic rings. The van der Waals surface area contributed by atoms with E-state index >= 15 is 0 Å². The van der Waals surface area contributed by atoms with Crippen molar-refractivity contribution in [3.8, 4) is 11.4 Å². The van der Waals surface area contributed by atoms with Gasteiger partial charge in [-0.2, -0.15) is 10.2 Å². The number of nitrogens with zero attached hydrogens (tertiary/aromatic N) is 6. The van der Waals surface area contributed by atoms with Crippen LogP contribution in [0.5, 0.6) is 5.75 Å². The number of ether oxygens (including phenoxy) is 1. The molecule has 0 radical (unpaired) electrons. The van der Waals surface area contributed by atoms with E-state index in [4.69, 9.17) is 4.74 Å². The molecular formula is C20H23N7O. The van der Waals surface area contributed by atoms with Crippen molar-refractivity contribution in [2.75, 3.05) is 12.4 Å². The van der Waals surface area contributed by atoms with Crippen LogP contribution in [0.3, 0.4) is 0 Å². The zero-order chi connectivity index (χ0) is 19.8. The van der Waals surface area contributed by atoms with Crippen molar-refractivity contribution in [3.05, 3.63) is 53.7 Å². The van der Waals surface area contributed by atoms with Crippen LogP contribution in [-0.4, -0.2) is 36.6 Å². The topological polar surface area (TPSA) is 82.7 Å². The molecule has 8 nitrogen and oxygen atoms in total. The van der Waals surface area contributed by atoms with Crippen molar-refractivity contribution >= 4 is 16.9 Å². The van der Waals surface area contributed by atoms with Gasteiger partial charge in [0.15, 0.2) is 5.65 Å². The number of hydrogen-bond acceptors (Lipinski definition) is 6. The summed E-state index contributed by atoms with van der Waals surface area (Å²) in [6.07, 6.45) is 3.88. The van der Waals surface area contributed by atoms with Crippen LogP contribution in [-0.2, 0) is 7.05 Å². The van der Waals surface area contributed by atoms with Gasteiger partial charge in [-0.05, 0) is 45.0 Å². The lowest BCUT2D eigenvalue weighted by Gasteiger charge is -2.14. The fourth-order valence-electron chi connectivity index (χ4n) is 3.28. The third-order valence-electron chi connectivity index (χ3n) is 4.76. The highest BCUT2D eigenvalue weighted by atomic mass is 16.5. The normalized spacial score (nSPS) is 12.3. The molecule has 0 saturated heterocycles. The van der Waals surface area contributed by atoms with Crippen LogP contribution in [0.1, 0.15) is 30.0 Å². The Hall–Kier alpha value is -3.42. The summed E-state index contributed by atoms with van der Waals surface area (Å²) >= 11 is 0. The molecule has 0 aliphatic carbocycles. The minimum atomic E-state index is 0.0177. The average molecular weight is 377 g/mol. The van der Waals surface area contributed by atoms with Gasteiger partial charge in [-0.25, -0.2) is 14.6 Å². The molecule has 0 spiro atoms. The minimum Gasteiger partial charge on any atom is -0.497 e. The first kappa shape index (κ1) is 18.0. The lowest BCUT2D eigenvalue weighted by molar-refractivity contribution is 0.414. The molecule has 1 atom stereocenters. The average Bonchev–Trinajstić information content (AvgIpc) is 3.27. The molecule has 0 saturated carbocycles. The second-order valence-corrected chi connectivity index (χ2v) is 6.81. The van der Waals surface area contributed by atoms with Gasteiger partial charge in [0.05, 0.1) is 36.1 Å². The maximum Gasteiger partial charge on any atom is 0.163 e. The van der Waals surface area contributed by atoms with Gasteiger partial charge in [-0.1, -0.05) is 0 Å². The number of aromatic nitrogens is 6. The molecule has 0 aliphatic heterocycles. The zero-order valence-electron chi connectivity index (χ0n) is 16.6. The summed E-state index contributed by atoms with van der Waals surface area (Å²) in [5.74, 6) is 2.32. The number of benzene rings is 1. The molecule has 0 bridgehead atoms. The maximum atomic E-state index is 5.21. The fourth-order valence-corrected chi connectivity index (χ4v) is 3.28. The minimum absolute atomic E-state index is 0.0177. The van der Waals surface area contributed by atoms with Crippen LogP contribution in [0.25, 0.3) is 16.7 Å². The molecule has 3 heterocycles. The van der Waals surface area contributed by atoms with E-state index in [1.165, 1.54) is 0 Å². The van der Waals surface area contributed by atoms with Crippen LogP contribution < -0.4 is 10.1 Å². The monoisotopic (exact) mass is 377 g/mol.